The van der Waals surface area contributed by atoms with Crippen LogP contribution in [0.4, 0.5) is 23.7 Å². The zero-order valence-corrected chi connectivity index (χ0v) is 12.7. The highest BCUT2D eigenvalue weighted by Crippen LogP contribution is 2.24. The third-order valence-electron chi connectivity index (χ3n) is 2.76. The van der Waals surface area contributed by atoms with Gasteiger partial charge >= 0.3 is 12.4 Å². The molecule has 0 aliphatic heterocycles. The van der Waals surface area contributed by atoms with Crippen LogP contribution in [0.2, 0.25) is 0 Å². The standard InChI is InChI=1S/C15H14F3N3O4/c16-15(17,18)25-11-4-1-3-10(7-11)21-13(22)9-20-14(23)19-8-12-5-2-6-24-12/h1-7H,8-9H2,(H,21,22)(H2,19,20,23). The Morgan fingerprint density at radius 2 is 1.92 bits per heavy atom. The van der Waals surface area contributed by atoms with Crippen LogP contribution in [0.25, 0.3) is 0 Å². The van der Waals surface area contributed by atoms with E-state index in [9.17, 15) is 22.8 Å². The second kappa shape index (κ2) is 8.08. The van der Waals surface area contributed by atoms with Crippen LogP contribution in [-0.4, -0.2) is 24.8 Å². The van der Waals surface area contributed by atoms with E-state index in [0.29, 0.717) is 5.76 Å². The number of amides is 3. The minimum absolute atomic E-state index is 0.101. The topological polar surface area (TPSA) is 92.6 Å². The molecule has 2 aromatic rings. The monoisotopic (exact) mass is 357 g/mol. The number of urea groups is 1. The summed E-state index contributed by atoms with van der Waals surface area (Å²) in [6.45, 7) is -0.217. The quantitative estimate of drug-likeness (QED) is 0.741. The molecule has 0 radical (unpaired) electrons. The van der Waals surface area contributed by atoms with Gasteiger partial charge in [-0.2, -0.15) is 0 Å². The highest BCUT2D eigenvalue weighted by Gasteiger charge is 2.31. The van der Waals surface area contributed by atoms with E-state index in [2.05, 4.69) is 20.7 Å². The Bertz CT molecular complexity index is 717. The first-order valence-electron chi connectivity index (χ1n) is 7.01. The highest BCUT2D eigenvalue weighted by atomic mass is 19.4. The average Bonchev–Trinajstić information content (AvgIpc) is 3.03. The van der Waals surface area contributed by atoms with Gasteiger partial charge < -0.3 is 25.1 Å². The van der Waals surface area contributed by atoms with Gasteiger partial charge in [0.1, 0.15) is 11.5 Å². The van der Waals surface area contributed by atoms with Crippen molar-refractivity contribution < 1.29 is 31.9 Å². The fraction of sp³-hybridized carbons (Fsp3) is 0.200. The first kappa shape index (κ1) is 18.2. The number of furan rings is 1. The van der Waals surface area contributed by atoms with Crippen molar-refractivity contribution in [2.24, 2.45) is 0 Å². The van der Waals surface area contributed by atoms with Crippen molar-refractivity contribution in [1.82, 2.24) is 10.6 Å². The first-order chi connectivity index (χ1) is 11.8. The van der Waals surface area contributed by atoms with Crippen molar-refractivity contribution in [2.45, 2.75) is 12.9 Å². The third-order valence-corrected chi connectivity index (χ3v) is 2.76. The number of alkyl halides is 3. The van der Waals surface area contributed by atoms with Crippen molar-refractivity contribution >= 4 is 17.6 Å². The second-order valence-electron chi connectivity index (χ2n) is 4.74. The fourth-order valence-corrected chi connectivity index (χ4v) is 1.78. The van der Waals surface area contributed by atoms with E-state index >= 15 is 0 Å². The van der Waals surface area contributed by atoms with Gasteiger partial charge in [0, 0.05) is 11.8 Å². The highest BCUT2D eigenvalue weighted by molar-refractivity contribution is 5.94. The van der Waals surface area contributed by atoms with E-state index in [0.717, 1.165) is 12.1 Å². The summed E-state index contributed by atoms with van der Waals surface area (Å²) in [5.74, 6) is -0.534. The van der Waals surface area contributed by atoms with E-state index in [4.69, 9.17) is 4.42 Å². The Labute approximate surface area is 140 Å². The molecule has 3 amide bonds. The summed E-state index contributed by atoms with van der Waals surface area (Å²) in [6.07, 6.45) is -3.37. The average molecular weight is 357 g/mol. The lowest BCUT2D eigenvalue weighted by atomic mass is 10.3. The van der Waals surface area contributed by atoms with E-state index < -0.39 is 24.1 Å². The molecule has 134 valence electrons. The predicted molar refractivity (Wildman–Crippen MR) is 80.7 cm³/mol. The summed E-state index contributed by atoms with van der Waals surface area (Å²) in [4.78, 5) is 23.2. The summed E-state index contributed by atoms with van der Waals surface area (Å²) >= 11 is 0. The molecule has 0 saturated carbocycles. The molecular weight excluding hydrogens is 343 g/mol. The van der Waals surface area contributed by atoms with E-state index in [1.54, 1.807) is 12.1 Å². The Balaban J connectivity index is 1.76. The lowest BCUT2D eigenvalue weighted by Gasteiger charge is -2.11. The Hall–Kier alpha value is -3.17. The molecule has 0 bridgehead atoms. The van der Waals surface area contributed by atoms with Crippen LogP contribution in [0.15, 0.2) is 47.1 Å². The molecule has 25 heavy (non-hydrogen) atoms. The predicted octanol–water partition coefficient (Wildman–Crippen LogP) is 2.62. The van der Waals surface area contributed by atoms with E-state index in [-0.39, 0.29) is 18.8 Å². The zero-order valence-electron chi connectivity index (χ0n) is 12.7. The number of hydrogen-bond acceptors (Lipinski definition) is 4. The first-order valence-corrected chi connectivity index (χ1v) is 7.01. The molecule has 0 aliphatic carbocycles. The molecule has 0 saturated heterocycles. The van der Waals surface area contributed by atoms with Crippen molar-refractivity contribution in [1.29, 1.82) is 0 Å². The van der Waals surface area contributed by atoms with Gasteiger partial charge in [0.2, 0.25) is 5.91 Å². The Morgan fingerprint density at radius 1 is 1.12 bits per heavy atom. The smallest absolute Gasteiger partial charge is 0.467 e. The lowest BCUT2D eigenvalue weighted by Crippen LogP contribution is -2.39. The van der Waals surface area contributed by atoms with Gasteiger partial charge in [-0.05, 0) is 24.3 Å². The van der Waals surface area contributed by atoms with E-state index in [1.807, 2.05) is 0 Å². The summed E-state index contributed by atoms with van der Waals surface area (Å²) in [5.41, 5.74) is 0.101. The molecule has 0 unspecified atom stereocenters. The number of benzene rings is 1. The number of carbonyl (C=O) groups is 2. The van der Waals surface area contributed by atoms with Gasteiger partial charge in [-0.1, -0.05) is 6.07 Å². The number of anilines is 1. The maximum Gasteiger partial charge on any atom is 0.573 e. The minimum Gasteiger partial charge on any atom is -0.467 e. The molecule has 0 atom stereocenters. The molecule has 2 rings (SSSR count). The van der Waals surface area contributed by atoms with Crippen LogP contribution in [0.3, 0.4) is 0 Å². The van der Waals surface area contributed by atoms with Crippen LogP contribution in [0.5, 0.6) is 5.75 Å². The SMILES string of the molecule is O=C(CNC(=O)NCc1ccco1)Nc1cccc(OC(F)(F)F)c1. The number of hydrogen-bond donors (Lipinski definition) is 3. The van der Waals surface area contributed by atoms with Crippen LogP contribution in [0, 0.1) is 0 Å². The number of rotatable bonds is 6. The Kier molecular flexibility index (Phi) is 5.88. The number of halogens is 3. The van der Waals surface area contributed by atoms with Crippen LogP contribution >= 0.6 is 0 Å². The number of ether oxygens (including phenoxy) is 1. The molecule has 1 heterocycles. The molecular formula is C15H14F3N3O4. The van der Waals surface area contributed by atoms with Crippen LogP contribution in [-0.2, 0) is 11.3 Å². The molecule has 0 spiro atoms. The van der Waals surface area contributed by atoms with Crippen molar-refractivity contribution in [3.8, 4) is 5.75 Å². The molecule has 0 aliphatic rings. The van der Waals surface area contributed by atoms with Crippen molar-refractivity contribution in [3.63, 3.8) is 0 Å². The maximum absolute atomic E-state index is 12.1. The summed E-state index contributed by atoms with van der Waals surface area (Å²) < 4.78 is 45.2. The number of carbonyl (C=O) groups excluding carboxylic acids is 2. The third kappa shape index (κ3) is 6.85. The summed E-state index contributed by atoms with van der Waals surface area (Å²) in [5, 5.41) is 7.12. The fourth-order valence-electron chi connectivity index (χ4n) is 1.78. The summed E-state index contributed by atoms with van der Waals surface area (Å²) in [7, 11) is 0. The second-order valence-corrected chi connectivity index (χ2v) is 4.74. The van der Waals surface area contributed by atoms with Gasteiger partial charge in [-0.15, -0.1) is 13.2 Å². The summed E-state index contributed by atoms with van der Waals surface area (Å²) in [6, 6.07) is 7.53. The normalized spacial score (nSPS) is 10.8. The molecule has 10 heteroatoms. The van der Waals surface area contributed by atoms with Gasteiger partial charge in [0.15, 0.2) is 0 Å². The maximum atomic E-state index is 12.1. The van der Waals surface area contributed by atoms with Gasteiger partial charge in [0.25, 0.3) is 0 Å². The molecule has 7 nitrogen and oxygen atoms in total. The molecule has 1 aromatic carbocycles. The largest absolute Gasteiger partial charge is 0.573 e. The van der Waals surface area contributed by atoms with Crippen LogP contribution in [0.1, 0.15) is 5.76 Å². The lowest BCUT2D eigenvalue weighted by molar-refractivity contribution is -0.274. The Morgan fingerprint density at radius 3 is 2.60 bits per heavy atom. The molecule has 3 N–H and O–H groups in total. The van der Waals surface area contributed by atoms with E-state index in [1.165, 1.54) is 18.4 Å². The molecule has 0 fully saturated rings. The molecule has 1 aromatic heterocycles. The van der Waals surface area contributed by atoms with Gasteiger partial charge in [-0.25, -0.2) is 4.79 Å². The van der Waals surface area contributed by atoms with Crippen LogP contribution < -0.4 is 20.7 Å². The van der Waals surface area contributed by atoms with Gasteiger partial charge in [0.05, 0.1) is 19.4 Å². The van der Waals surface area contributed by atoms with Gasteiger partial charge in [-0.3, -0.25) is 4.79 Å². The number of nitrogens with one attached hydrogen (secondary N) is 3. The zero-order chi connectivity index (χ0) is 18.3. The minimum atomic E-state index is -4.82. The van der Waals surface area contributed by atoms with Crippen molar-refractivity contribution in [3.05, 3.63) is 48.4 Å². The van der Waals surface area contributed by atoms with Crippen molar-refractivity contribution in [2.75, 3.05) is 11.9 Å².